The topological polar surface area (TPSA) is 115 Å². The number of hydrogen-bond acceptors (Lipinski definition) is 9. The van der Waals surface area contributed by atoms with Gasteiger partial charge in [-0.1, -0.05) is 35.9 Å². The fourth-order valence-corrected chi connectivity index (χ4v) is 4.24. The Morgan fingerprint density at radius 3 is 2.65 bits per heavy atom. The fraction of sp³-hybridized carbons (Fsp3) is 0.0455. The standard InChI is InChI=1S/C22H13ClF3N9OS/c23-16-10-13(22(24,25)26)11-27-18(16)30-28-12-15-19(29-17-8-4-5-9-34(17)20(15)36)37-21-31-32-33-35(21)14-6-2-1-3-7-14/h1-12H,(H,27,30). The van der Waals surface area contributed by atoms with E-state index in [1.54, 1.807) is 24.4 Å². The fourth-order valence-electron chi connectivity index (χ4n) is 3.16. The number of nitrogens with one attached hydrogen (secondary N) is 1. The second kappa shape index (κ2) is 9.99. The highest BCUT2D eigenvalue weighted by Crippen LogP contribution is 2.32. The summed E-state index contributed by atoms with van der Waals surface area (Å²) < 4.78 is 41.4. The van der Waals surface area contributed by atoms with Gasteiger partial charge in [-0.3, -0.25) is 14.6 Å². The van der Waals surface area contributed by atoms with Crippen molar-refractivity contribution in [1.29, 1.82) is 0 Å². The molecule has 0 aliphatic carbocycles. The van der Waals surface area contributed by atoms with Crippen LogP contribution in [-0.4, -0.2) is 40.8 Å². The number of rotatable bonds is 6. The van der Waals surface area contributed by atoms with Crippen LogP contribution in [0.2, 0.25) is 5.02 Å². The van der Waals surface area contributed by atoms with Gasteiger partial charge in [-0.2, -0.15) is 23.0 Å². The summed E-state index contributed by atoms with van der Waals surface area (Å²) in [7, 11) is 0. The lowest BCUT2D eigenvalue weighted by Crippen LogP contribution is -2.21. The average molecular weight is 544 g/mol. The molecule has 0 atom stereocenters. The number of aromatic nitrogens is 7. The first-order chi connectivity index (χ1) is 17.8. The molecule has 0 aliphatic heterocycles. The number of para-hydroxylation sites is 1. The van der Waals surface area contributed by atoms with E-state index in [9.17, 15) is 18.0 Å². The first-order valence-corrected chi connectivity index (χ1v) is 11.6. The SMILES string of the molecule is O=c1c(C=NNc2ncc(C(F)(F)F)cc2Cl)c(Sc2nnnn2-c2ccccc2)nc2ccccn12. The van der Waals surface area contributed by atoms with Crippen molar-refractivity contribution in [3.05, 3.63) is 93.5 Å². The molecule has 4 heterocycles. The van der Waals surface area contributed by atoms with E-state index in [1.165, 1.54) is 15.3 Å². The van der Waals surface area contributed by atoms with Gasteiger partial charge in [0.1, 0.15) is 10.7 Å². The number of nitrogens with zero attached hydrogens (tertiary/aromatic N) is 8. The molecular weight excluding hydrogens is 531 g/mol. The lowest BCUT2D eigenvalue weighted by atomic mass is 10.3. The molecule has 0 radical (unpaired) electrons. The minimum Gasteiger partial charge on any atom is -0.268 e. The number of hydrogen-bond donors (Lipinski definition) is 1. The normalized spacial score (nSPS) is 11.9. The highest BCUT2D eigenvalue weighted by molar-refractivity contribution is 7.99. The molecule has 0 aliphatic rings. The van der Waals surface area contributed by atoms with Crippen molar-refractivity contribution in [2.75, 3.05) is 5.43 Å². The van der Waals surface area contributed by atoms with Gasteiger partial charge in [-0.25, -0.2) is 9.97 Å². The number of pyridine rings is 2. The monoisotopic (exact) mass is 543 g/mol. The van der Waals surface area contributed by atoms with Gasteiger partial charge in [0.25, 0.3) is 5.56 Å². The summed E-state index contributed by atoms with van der Waals surface area (Å²) in [4.78, 5) is 21.5. The largest absolute Gasteiger partial charge is 0.417 e. The Morgan fingerprint density at radius 2 is 1.89 bits per heavy atom. The van der Waals surface area contributed by atoms with Crippen LogP contribution in [0.5, 0.6) is 0 Å². The third-order valence-corrected chi connectivity index (χ3v) is 6.13. The van der Waals surface area contributed by atoms with E-state index >= 15 is 0 Å². The molecule has 0 bridgehead atoms. The van der Waals surface area contributed by atoms with Crippen molar-refractivity contribution >= 4 is 41.0 Å². The van der Waals surface area contributed by atoms with E-state index in [2.05, 4.69) is 36.0 Å². The summed E-state index contributed by atoms with van der Waals surface area (Å²) in [6.07, 6.45) is -1.23. The molecule has 0 saturated heterocycles. The molecule has 15 heteroatoms. The molecule has 4 aromatic heterocycles. The smallest absolute Gasteiger partial charge is 0.268 e. The van der Waals surface area contributed by atoms with Gasteiger partial charge in [0, 0.05) is 12.4 Å². The molecule has 10 nitrogen and oxygen atoms in total. The number of fused-ring (bicyclic) bond motifs is 1. The van der Waals surface area contributed by atoms with Crippen LogP contribution in [0.1, 0.15) is 11.1 Å². The maximum Gasteiger partial charge on any atom is 0.417 e. The Labute approximate surface area is 214 Å². The molecule has 0 saturated carbocycles. The second-order valence-corrected chi connectivity index (χ2v) is 8.66. The van der Waals surface area contributed by atoms with E-state index in [0.717, 1.165) is 17.8 Å². The Kier molecular flexibility index (Phi) is 6.58. The lowest BCUT2D eigenvalue weighted by molar-refractivity contribution is -0.137. The van der Waals surface area contributed by atoms with Crippen LogP contribution in [0.3, 0.4) is 0 Å². The first kappa shape index (κ1) is 24.4. The van der Waals surface area contributed by atoms with Gasteiger partial charge in [0.05, 0.1) is 28.1 Å². The van der Waals surface area contributed by atoms with Gasteiger partial charge in [0.15, 0.2) is 5.82 Å². The highest BCUT2D eigenvalue weighted by Gasteiger charge is 2.31. The minimum atomic E-state index is -4.59. The second-order valence-electron chi connectivity index (χ2n) is 7.30. The number of tetrazole rings is 1. The zero-order chi connectivity index (χ0) is 26.0. The molecule has 0 spiro atoms. The van der Waals surface area contributed by atoms with Crippen LogP contribution in [0, 0.1) is 0 Å². The summed E-state index contributed by atoms with van der Waals surface area (Å²) in [5.41, 5.74) is 2.18. The molecule has 5 rings (SSSR count). The summed E-state index contributed by atoms with van der Waals surface area (Å²) in [5.74, 6) is -0.123. The van der Waals surface area contributed by atoms with Crippen LogP contribution < -0.4 is 11.0 Å². The predicted molar refractivity (Wildman–Crippen MR) is 130 cm³/mol. The number of alkyl halides is 3. The van der Waals surface area contributed by atoms with Crippen molar-refractivity contribution in [2.45, 2.75) is 16.4 Å². The maximum atomic E-state index is 13.3. The molecule has 1 N–H and O–H groups in total. The van der Waals surface area contributed by atoms with Crippen molar-refractivity contribution in [3.8, 4) is 5.69 Å². The van der Waals surface area contributed by atoms with Crippen molar-refractivity contribution in [2.24, 2.45) is 5.10 Å². The highest BCUT2D eigenvalue weighted by atomic mass is 35.5. The van der Waals surface area contributed by atoms with Crippen LogP contribution >= 0.6 is 23.4 Å². The Morgan fingerprint density at radius 1 is 1.11 bits per heavy atom. The number of benzene rings is 1. The van der Waals surface area contributed by atoms with Gasteiger partial charge >= 0.3 is 6.18 Å². The Balaban J connectivity index is 1.51. The lowest BCUT2D eigenvalue weighted by Gasteiger charge is -2.09. The molecule has 0 amide bonds. The first-order valence-electron chi connectivity index (χ1n) is 10.4. The average Bonchev–Trinajstić information content (AvgIpc) is 3.35. The minimum absolute atomic E-state index is 0.0758. The molecule has 0 fully saturated rings. The zero-order valence-corrected chi connectivity index (χ0v) is 19.9. The summed E-state index contributed by atoms with van der Waals surface area (Å²) in [6, 6.07) is 14.9. The van der Waals surface area contributed by atoms with Crippen LogP contribution in [0.25, 0.3) is 11.3 Å². The Hall–Kier alpha value is -4.30. The molecule has 5 aromatic rings. The van der Waals surface area contributed by atoms with E-state index in [1.807, 2.05) is 30.3 Å². The van der Waals surface area contributed by atoms with Gasteiger partial charge < -0.3 is 0 Å². The zero-order valence-electron chi connectivity index (χ0n) is 18.3. The number of hydrazone groups is 1. The van der Waals surface area contributed by atoms with Gasteiger partial charge in [0.2, 0.25) is 5.16 Å². The van der Waals surface area contributed by atoms with Gasteiger partial charge in [-0.15, -0.1) is 5.10 Å². The third kappa shape index (κ3) is 5.15. The number of halogens is 4. The van der Waals surface area contributed by atoms with Crippen LogP contribution in [0.4, 0.5) is 19.0 Å². The Bertz CT molecular complexity index is 1670. The van der Waals surface area contributed by atoms with E-state index in [0.29, 0.717) is 22.7 Å². The van der Waals surface area contributed by atoms with Gasteiger partial charge in [-0.05, 0) is 52.5 Å². The summed E-state index contributed by atoms with van der Waals surface area (Å²) in [6.45, 7) is 0. The number of anilines is 1. The van der Waals surface area contributed by atoms with Crippen LogP contribution in [-0.2, 0) is 6.18 Å². The van der Waals surface area contributed by atoms with Crippen molar-refractivity contribution < 1.29 is 13.2 Å². The molecule has 186 valence electrons. The molecular formula is C22H13ClF3N9OS. The van der Waals surface area contributed by atoms with Crippen molar-refractivity contribution in [1.82, 2.24) is 34.6 Å². The molecule has 1 aromatic carbocycles. The van der Waals surface area contributed by atoms with E-state index in [-0.39, 0.29) is 21.4 Å². The van der Waals surface area contributed by atoms with E-state index in [4.69, 9.17) is 11.6 Å². The molecule has 0 unspecified atom stereocenters. The summed E-state index contributed by atoms with van der Waals surface area (Å²) >= 11 is 6.96. The molecule has 37 heavy (non-hydrogen) atoms. The van der Waals surface area contributed by atoms with E-state index < -0.39 is 17.3 Å². The maximum absolute atomic E-state index is 13.3. The quantitative estimate of drug-likeness (QED) is 0.191. The predicted octanol–water partition coefficient (Wildman–Crippen LogP) is 4.33. The third-order valence-electron chi connectivity index (χ3n) is 4.90. The van der Waals surface area contributed by atoms with Crippen molar-refractivity contribution in [3.63, 3.8) is 0 Å². The van der Waals surface area contributed by atoms with Crippen LogP contribution in [0.15, 0.2) is 87.1 Å². The summed E-state index contributed by atoms with van der Waals surface area (Å²) in [5, 5.41) is 16.0.